The molecule has 11 heteroatoms. The molecule has 2 aliphatic heterocycles. The minimum Gasteiger partial charge on any atom is -0.456 e. The third kappa shape index (κ3) is 4.77. The molecule has 2 N–H and O–H groups in total. The van der Waals surface area contributed by atoms with Gasteiger partial charge in [-0.05, 0) is 29.8 Å². The first-order chi connectivity index (χ1) is 14.9. The Kier molecular flexibility index (Phi) is 5.76. The number of hydrogen-bond donors (Lipinski definition) is 2. The molecule has 0 radical (unpaired) electrons. The monoisotopic (exact) mass is 445 g/mol. The van der Waals surface area contributed by atoms with Gasteiger partial charge in [0, 0.05) is 12.1 Å². The van der Waals surface area contributed by atoms with Crippen molar-refractivity contribution in [1.29, 1.82) is 0 Å². The predicted molar refractivity (Wildman–Crippen MR) is 108 cm³/mol. The van der Waals surface area contributed by atoms with Gasteiger partial charge in [0.05, 0.1) is 17.9 Å². The highest BCUT2D eigenvalue weighted by Gasteiger charge is 2.30. The van der Waals surface area contributed by atoms with E-state index in [4.69, 9.17) is 14.2 Å². The van der Waals surface area contributed by atoms with E-state index in [9.17, 15) is 18.0 Å². The van der Waals surface area contributed by atoms with E-state index in [2.05, 4.69) is 15.0 Å². The van der Waals surface area contributed by atoms with Crippen LogP contribution in [-0.2, 0) is 30.9 Å². The molecule has 0 bridgehead atoms. The number of carbonyl (C=O) groups is 2. The number of sulfonamides is 1. The first-order valence-electron chi connectivity index (χ1n) is 9.40. The van der Waals surface area contributed by atoms with Crippen molar-refractivity contribution in [2.24, 2.45) is 4.99 Å². The second-order valence-corrected chi connectivity index (χ2v) is 8.36. The van der Waals surface area contributed by atoms with Crippen LogP contribution in [0.1, 0.15) is 17.5 Å². The normalized spacial score (nSPS) is 16.5. The van der Waals surface area contributed by atoms with Gasteiger partial charge in [-0.3, -0.25) is 19.3 Å². The van der Waals surface area contributed by atoms with Gasteiger partial charge in [0.2, 0.25) is 6.79 Å². The lowest BCUT2D eigenvalue weighted by Crippen LogP contribution is -2.28. The molecule has 0 aliphatic carbocycles. The number of fused-ring (bicyclic) bond motifs is 2. The Hall–Kier alpha value is -3.60. The van der Waals surface area contributed by atoms with Crippen molar-refractivity contribution in [3.63, 3.8) is 0 Å². The van der Waals surface area contributed by atoms with Gasteiger partial charge in [-0.25, -0.2) is 8.42 Å². The zero-order valence-electron chi connectivity index (χ0n) is 16.3. The molecule has 0 spiro atoms. The van der Waals surface area contributed by atoms with Crippen LogP contribution in [0.5, 0.6) is 11.5 Å². The highest BCUT2D eigenvalue weighted by Crippen LogP contribution is 2.32. The number of carbonyl (C=O) groups excluding carboxylic acids is 2. The number of benzene rings is 2. The Morgan fingerprint density at radius 1 is 1.13 bits per heavy atom. The molecular formula is C20H19N3O7S. The molecule has 0 unspecified atom stereocenters. The summed E-state index contributed by atoms with van der Waals surface area (Å²) in [6.07, 6.45) is -0.0944. The van der Waals surface area contributed by atoms with E-state index in [1.54, 1.807) is 36.4 Å². The van der Waals surface area contributed by atoms with Gasteiger partial charge >= 0.3 is 5.97 Å². The summed E-state index contributed by atoms with van der Waals surface area (Å²) in [5.74, 6) is 0.393. The Bertz CT molecular complexity index is 1160. The van der Waals surface area contributed by atoms with Crippen molar-refractivity contribution in [1.82, 2.24) is 10.0 Å². The lowest BCUT2D eigenvalue weighted by Gasteiger charge is -2.07. The van der Waals surface area contributed by atoms with Crippen molar-refractivity contribution >= 4 is 27.7 Å². The summed E-state index contributed by atoms with van der Waals surface area (Å²) in [7, 11) is -3.62. The van der Waals surface area contributed by atoms with Crippen LogP contribution in [0, 0.1) is 0 Å². The summed E-state index contributed by atoms with van der Waals surface area (Å²) >= 11 is 0. The second kappa shape index (κ2) is 8.64. The number of hydrogen-bond acceptors (Lipinski definition) is 8. The van der Waals surface area contributed by atoms with E-state index in [1.165, 1.54) is 6.07 Å². The molecule has 0 fully saturated rings. The zero-order chi connectivity index (χ0) is 21.8. The first kappa shape index (κ1) is 20.7. The molecule has 1 amide bonds. The van der Waals surface area contributed by atoms with E-state index in [0.29, 0.717) is 17.1 Å². The summed E-state index contributed by atoms with van der Waals surface area (Å²) in [6.45, 7) is 0.0184. The van der Waals surface area contributed by atoms with Crippen LogP contribution in [0.25, 0.3) is 0 Å². The lowest BCUT2D eigenvalue weighted by molar-refractivity contribution is -0.148. The standard InChI is InChI=1S/C20H19N3O7S/c24-18(22-10-13-5-6-15-16(9-13)30-12-29-15)11-28-19(25)7-8-21-20-14-3-1-2-4-17(14)31(26,27)23-20/h1-6,9H,7-8,10-12H2,(H,21,23)(H,22,24). The minimum absolute atomic E-state index is 0.0177. The Morgan fingerprint density at radius 2 is 1.94 bits per heavy atom. The molecule has 2 aromatic carbocycles. The molecule has 4 rings (SSSR count). The van der Waals surface area contributed by atoms with Crippen molar-refractivity contribution in [3.8, 4) is 11.5 Å². The number of esters is 1. The first-order valence-corrected chi connectivity index (χ1v) is 10.9. The van der Waals surface area contributed by atoms with Crippen molar-refractivity contribution in [3.05, 3.63) is 53.6 Å². The minimum atomic E-state index is -3.62. The predicted octanol–water partition coefficient (Wildman–Crippen LogP) is 0.704. The molecule has 10 nitrogen and oxygen atoms in total. The highest BCUT2D eigenvalue weighted by atomic mass is 32.2. The summed E-state index contributed by atoms with van der Waals surface area (Å²) in [4.78, 5) is 28.0. The smallest absolute Gasteiger partial charge is 0.308 e. The summed E-state index contributed by atoms with van der Waals surface area (Å²) in [5.41, 5.74) is 1.28. The number of aliphatic imine (C=N–C) groups is 1. The summed E-state index contributed by atoms with van der Waals surface area (Å²) in [6, 6.07) is 11.8. The molecule has 2 aromatic rings. The third-order valence-electron chi connectivity index (χ3n) is 4.54. The van der Waals surface area contributed by atoms with Gasteiger partial charge in [-0.15, -0.1) is 0 Å². The third-order valence-corrected chi connectivity index (χ3v) is 5.94. The van der Waals surface area contributed by atoms with Crippen molar-refractivity contribution in [2.45, 2.75) is 17.9 Å². The molecule has 2 heterocycles. The van der Waals surface area contributed by atoms with Gasteiger partial charge in [0.15, 0.2) is 18.1 Å². The van der Waals surface area contributed by atoms with Crippen LogP contribution < -0.4 is 19.5 Å². The van der Waals surface area contributed by atoms with E-state index in [0.717, 1.165) is 5.56 Å². The maximum Gasteiger partial charge on any atom is 0.308 e. The number of rotatable bonds is 7. The van der Waals surface area contributed by atoms with Gasteiger partial charge < -0.3 is 19.5 Å². The highest BCUT2D eigenvalue weighted by molar-refractivity contribution is 7.90. The fourth-order valence-electron chi connectivity index (χ4n) is 3.03. The quantitative estimate of drug-likeness (QED) is 0.600. The van der Waals surface area contributed by atoms with Crippen LogP contribution in [-0.4, -0.2) is 46.1 Å². The fraction of sp³-hybridized carbons (Fsp3) is 0.250. The number of amidine groups is 1. The van der Waals surface area contributed by atoms with Crippen LogP contribution in [0.3, 0.4) is 0 Å². The Morgan fingerprint density at radius 3 is 2.81 bits per heavy atom. The van der Waals surface area contributed by atoms with Gasteiger partial charge in [0.1, 0.15) is 5.84 Å². The molecule has 2 aliphatic rings. The fourth-order valence-corrected chi connectivity index (χ4v) is 4.28. The molecule has 0 atom stereocenters. The van der Waals surface area contributed by atoms with Crippen LogP contribution in [0.4, 0.5) is 0 Å². The number of amides is 1. The van der Waals surface area contributed by atoms with E-state index in [-0.39, 0.29) is 37.0 Å². The molecule has 0 aromatic heterocycles. The van der Waals surface area contributed by atoms with Crippen molar-refractivity contribution in [2.75, 3.05) is 19.9 Å². The maximum atomic E-state index is 12.0. The number of nitrogens with one attached hydrogen (secondary N) is 2. The van der Waals surface area contributed by atoms with Gasteiger partial charge in [-0.1, -0.05) is 18.2 Å². The van der Waals surface area contributed by atoms with Crippen LogP contribution in [0.2, 0.25) is 0 Å². The molecule has 31 heavy (non-hydrogen) atoms. The number of nitrogens with zero attached hydrogens (tertiary/aromatic N) is 1. The molecular weight excluding hydrogens is 426 g/mol. The SMILES string of the molecule is O=C(COC(=O)CCN=C1NS(=O)(=O)c2ccccc21)NCc1ccc2c(c1)OCO2. The van der Waals surface area contributed by atoms with E-state index < -0.39 is 28.5 Å². The van der Waals surface area contributed by atoms with Crippen LogP contribution in [0.15, 0.2) is 52.4 Å². The Balaban J connectivity index is 1.20. The maximum absolute atomic E-state index is 12.0. The molecule has 0 saturated carbocycles. The number of ether oxygens (including phenoxy) is 3. The summed E-state index contributed by atoms with van der Waals surface area (Å²) < 4.78 is 41.8. The second-order valence-electron chi connectivity index (χ2n) is 6.71. The lowest BCUT2D eigenvalue weighted by atomic mass is 10.2. The molecule has 0 saturated heterocycles. The van der Waals surface area contributed by atoms with E-state index >= 15 is 0 Å². The topological polar surface area (TPSA) is 132 Å². The average molecular weight is 445 g/mol. The van der Waals surface area contributed by atoms with Crippen LogP contribution >= 0.6 is 0 Å². The zero-order valence-corrected chi connectivity index (χ0v) is 17.1. The van der Waals surface area contributed by atoms with Gasteiger partial charge in [-0.2, -0.15) is 0 Å². The summed E-state index contributed by atoms with van der Waals surface area (Å²) in [5, 5.41) is 2.65. The Labute approximate surface area is 178 Å². The average Bonchev–Trinajstić information content (AvgIpc) is 3.33. The largest absolute Gasteiger partial charge is 0.456 e. The molecule has 162 valence electrons. The van der Waals surface area contributed by atoms with E-state index in [1.807, 2.05) is 0 Å². The van der Waals surface area contributed by atoms with Crippen molar-refractivity contribution < 1.29 is 32.2 Å². The van der Waals surface area contributed by atoms with Gasteiger partial charge in [0.25, 0.3) is 15.9 Å².